The van der Waals surface area contributed by atoms with Crippen LogP contribution in [0.1, 0.15) is 16.7 Å². The van der Waals surface area contributed by atoms with Gasteiger partial charge in [0.05, 0.1) is 0 Å². The van der Waals surface area contributed by atoms with Crippen LogP contribution in [0.2, 0.25) is 0 Å². The highest BCUT2D eigenvalue weighted by Crippen LogP contribution is 2.19. The number of hydrogen-bond donors (Lipinski definition) is 1. The number of aryl methyl sites for hydroxylation is 2. The standard InChI is InChI=1S/C19H25N3/c1-15-3-4-17(13-16(15)2)14-21-9-11-22(12-10-21)19-7-5-18(20)6-8-19/h3-8,13H,9-12,14,20H2,1-2H3. The van der Waals surface area contributed by atoms with Crippen LogP contribution in [-0.4, -0.2) is 31.1 Å². The van der Waals surface area contributed by atoms with E-state index in [0.717, 1.165) is 38.4 Å². The highest BCUT2D eigenvalue weighted by molar-refractivity contribution is 5.53. The SMILES string of the molecule is Cc1ccc(CN2CCN(c3ccc(N)cc3)CC2)cc1C. The maximum atomic E-state index is 5.76. The van der Waals surface area contributed by atoms with Gasteiger partial charge in [0.15, 0.2) is 0 Å². The van der Waals surface area contributed by atoms with Crippen LogP contribution in [0.25, 0.3) is 0 Å². The molecule has 3 heteroatoms. The van der Waals surface area contributed by atoms with Crippen molar-refractivity contribution < 1.29 is 0 Å². The summed E-state index contributed by atoms with van der Waals surface area (Å²) in [5.41, 5.74) is 12.0. The molecule has 2 aromatic rings. The van der Waals surface area contributed by atoms with E-state index in [4.69, 9.17) is 5.73 Å². The Labute approximate surface area is 133 Å². The number of piperazine rings is 1. The summed E-state index contributed by atoms with van der Waals surface area (Å²) in [6, 6.07) is 15.0. The molecule has 0 bridgehead atoms. The molecule has 0 saturated carbocycles. The molecule has 116 valence electrons. The summed E-state index contributed by atoms with van der Waals surface area (Å²) < 4.78 is 0. The van der Waals surface area contributed by atoms with Crippen LogP contribution in [-0.2, 0) is 6.54 Å². The molecular weight excluding hydrogens is 270 g/mol. The molecule has 0 aromatic heterocycles. The van der Waals surface area contributed by atoms with Gasteiger partial charge in [-0.3, -0.25) is 4.90 Å². The van der Waals surface area contributed by atoms with Crippen molar-refractivity contribution in [3.8, 4) is 0 Å². The van der Waals surface area contributed by atoms with Crippen LogP contribution < -0.4 is 10.6 Å². The average molecular weight is 295 g/mol. The third-order valence-corrected chi connectivity index (χ3v) is 4.61. The van der Waals surface area contributed by atoms with Gasteiger partial charge in [-0.15, -0.1) is 0 Å². The summed E-state index contributed by atoms with van der Waals surface area (Å²) in [4.78, 5) is 4.98. The molecule has 1 aliphatic heterocycles. The summed E-state index contributed by atoms with van der Waals surface area (Å²) in [5.74, 6) is 0. The van der Waals surface area contributed by atoms with E-state index in [1.165, 1.54) is 22.4 Å². The van der Waals surface area contributed by atoms with Gasteiger partial charge < -0.3 is 10.6 Å². The molecule has 0 unspecified atom stereocenters. The average Bonchev–Trinajstić information content (AvgIpc) is 2.53. The van der Waals surface area contributed by atoms with E-state index in [1.807, 2.05) is 12.1 Å². The number of nitrogen functional groups attached to an aromatic ring is 1. The fourth-order valence-corrected chi connectivity index (χ4v) is 3.01. The molecule has 0 aliphatic carbocycles. The molecule has 1 aliphatic rings. The summed E-state index contributed by atoms with van der Waals surface area (Å²) in [5, 5.41) is 0. The predicted molar refractivity (Wildman–Crippen MR) is 94.3 cm³/mol. The number of hydrogen-bond acceptors (Lipinski definition) is 3. The van der Waals surface area contributed by atoms with Crippen molar-refractivity contribution in [2.75, 3.05) is 36.8 Å². The second kappa shape index (κ2) is 6.41. The second-order valence-electron chi connectivity index (χ2n) is 6.27. The number of benzene rings is 2. The molecule has 0 spiro atoms. The van der Waals surface area contributed by atoms with Gasteiger partial charge in [0, 0.05) is 44.1 Å². The Bertz CT molecular complexity index is 626. The zero-order valence-electron chi connectivity index (χ0n) is 13.5. The van der Waals surface area contributed by atoms with Gasteiger partial charge in [-0.25, -0.2) is 0 Å². The van der Waals surface area contributed by atoms with Crippen LogP contribution >= 0.6 is 0 Å². The summed E-state index contributed by atoms with van der Waals surface area (Å²) >= 11 is 0. The molecule has 2 N–H and O–H groups in total. The van der Waals surface area contributed by atoms with Gasteiger partial charge in [-0.1, -0.05) is 18.2 Å². The van der Waals surface area contributed by atoms with E-state index >= 15 is 0 Å². The van der Waals surface area contributed by atoms with Crippen molar-refractivity contribution >= 4 is 11.4 Å². The smallest absolute Gasteiger partial charge is 0.0368 e. The molecule has 3 nitrogen and oxygen atoms in total. The minimum absolute atomic E-state index is 0.831. The van der Waals surface area contributed by atoms with Crippen LogP contribution in [0.3, 0.4) is 0 Å². The van der Waals surface area contributed by atoms with Crippen LogP contribution in [0, 0.1) is 13.8 Å². The van der Waals surface area contributed by atoms with Crippen LogP contribution in [0.4, 0.5) is 11.4 Å². The lowest BCUT2D eigenvalue weighted by atomic mass is 10.1. The molecule has 0 atom stereocenters. The molecule has 1 heterocycles. The van der Waals surface area contributed by atoms with E-state index in [1.54, 1.807) is 0 Å². The normalized spacial score (nSPS) is 16.0. The van der Waals surface area contributed by atoms with Crippen molar-refractivity contribution in [1.82, 2.24) is 4.90 Å². The maximum absolute atomic E-state index is 5.76. The fourth-order valence-electron chi connectivity index (χ4n) is 3.01. The van der Waals surface area contributed by atoms with Gasteiger partial charge in [0.2, 0.25) is 0 Å². The number of nitrogens with zero attached hydrogens (tertiary/aromatic N) is 2. The first-order valence-corrected chi connectivity index (χ1v) is 8.01. The Balaban J connectivity index is 1.57. The van der Waals surface area contributed by atoms with Crippen molar-refractivity contribution in [2.45, 2.75) is 20.4 Å². The third-order valence-electron chi connectivity index (χ3n) is 4.61. The monoisotopic (exact) mass is 295 g/mol. The lowest BCUT2D eigenvalue weighted by molar-refractivity contribution is 0.250. The summed E-state index contributed by atoms with van der Waals surface area (Å²) in [6.45, 7) is 9.79. The lowest BCUT2D eigenvalue weighted by Crippen LogP contribution is -2.45. The number of anilines is 2. The van der Waals surface area contributed by atoms with E-state index in [0.29, 0.717) is 0 Å². The quantitative estimate of drug-likeness (QED) is 0.883. The summed E-state index contributed by atoms with van der Waals surface area (Å²) in [6.07, 6.45) is 0. The highest BCUT2D eigenvalue weighted by Gasteiger charge is 2.17. The zero-order valence-corrected chi connectivity index (χ0v) is 13.5. The van der Waals surface area contributed by atoms with Gasteiger partial charge in [0.25, 0.3) is 0 Å². The van der Waals surface area contributed by atoms with Crippen LogP contribution in [0.15, 0.2) is 42.5 Å². The lowest BCUT2D eigenvalue weighted by Gasteiger charge is -2.36. The Morgan fingerprint density at radius 2 is 1.55 bits per heavy atom. The van der Waals surface area contributed by atoms with E-state index in [9.17, 15) is 0 Å². The van der Waals surface area contributed by atoms with Crippen molar-refractivity contribution in [3.63, 3.8) is 0 Å². The predicted octanol–water partition coefficient (Wildman–Crippen LogP) is 3.21. The van der Waals surface area contributed by atoms with E-state index in [-0.39, 0.29) is 0 Å². The van der Waals surface area contributed by atoms with Crippen LogP contribution in [0.5, 0.6) is 0 Å². The fraction of sp³-hybridized carbons (Fsp3) is 0.368. The topological polar surface area (TPSA) is 32.5 Å². The zero-order chi connectivity index (χ0) is 15.5. The minimum atomic E-state index is 0.831. The molecule has 1 fully saturated rings. The van der Waals surface area contributed by atoms with Gasteiger partial charge in [-0.2, -0.15) is 0 Å². The largest absolute Gasteiger partial charge is 0.399 e. The third kappa shape index (κ3) is 3.42. The first-order valence-electron chi connectivity index (χ1n) is 8.01. The number of rotatable bonds is 3. The molecule has 2 aromatic carbocycles. The Morgan fingerprint density at radius 1 is 0.864 bits per heavy atom. The Hall–Kier alpha value is -2.00. The minimum Gasteiger partial charge on any atom is -0.399 e. The van der Waals surface area contributed by atoms with Gasteiger partial charge in [0.1, 0.15) is 0 Å². The molecule has 1 saturated heterocycles. The van der Waals surface area contributed by atoms with Crippen molar-refractivity contribution in [3.05, 3.63) is 59.2 Å². The van der Waals surface area contributed by atoms with E-state index in [2.05, 4.69) is 54.0 Å². The highest BCUT2D eigenvalue weighted by atomic mass is 15.3. The second-order valence-corrected chi connectivity index (χ2v) is 6.27. The first-order chi connectivity index (χ1) is 10.6. The molecular formula is C19H25N3. The first kappa shape index (κ1) is 14.9. The Kier molecular flexibility index (Phi) is 4.34. The molecule has 0 radical (unpaired) electrons. The van der Waals surface area contributed by atoms with E-state index < -0.39 is 0 Å². The number of nitrogens with two attached hydrogens (primary N) is 1. The maximum Gasteiger partial charge on any atom is 0.0368 e. The molecule has 3 rings (SSSR count). The van der Waals surface area contributed by atoms with Gasteiger partial charge in [-0.05, 0) is 54.8 Å². The van der Waals surface area contributed by atoms with Gasteiger partial charge >= 0.3 is 0 Å². The Morgan fingerprint density at radius 3 is 2.18 bits per heavy atom. The molecule has 22 heavy (non-hydrogen) atoms. The van der Waals surface area contributed by atoms with Crippen molar-refractivity contribution in [2.24, 2.45) is 0 Å². The molecule has 0 amide bonds. The summed E-state index contributed by atoms with van der Waals surface area (Å²) in [7, 11) is 0. The van der Waals surface area contributed by atoms with Crippen molar-refractivity contribution in [1.29, 1.82) is 0 Å².